The largest absolute Gasteiger partial charge is 0.481 e. The summed E-state index contributed by atoms with van der Waals surface area (Å²) in [6.07, 6.45) is 2.06. The second-order valence-electron chi connectivity index (χ2n) is 5.16. The Kier molecular flexibility index (Phi) is 5.19. The summed E-state index contributed by atoms with van der Waals surface area (Å²) in [5.41, 5.74) is 0. The summed E-state index contributed by atoms with van der Waals surface area (Å²) in [6.45, 7) is 3.95. The molecule has 0 spiro atoms. The Bertz CT molecular complexity index is 357. The Morgan fingerprint density at radius 1 is 1.40 bits per heavy atom. The van der Waals surface area contributed by atoms with Gasteiger partial charge < -0.3 is 24.8 Å². The van der Waals surface area contributed by atoms with Crippen molar-refractivity contribution in [1.82, 2.24) is 10.2 Å². The number of hydrogen-bond donors (Lipinski definition) is 2. The van der Waals surface area contributed by atoms with Crippen LogP contribution in [0.2, 0.25) is 0 Å². The van der Waals surface area contributed by atoms with Crippen molar-refractivity contribution in [1.29, 1.82) is 0 Å². The van der Waals surface area contributed by atoms with Gasteiger partial charge in [-0.25, -0.2) is 4.79 Å². The zero-order valence-corrected chi connectivity index (χ0v) is 11.7. The van der Waals surface area contributed by atoms with Crippen LogP contribution in [0.4, 0.5) is 4.79 Å². The van der Waals surface area contributed by atoms with E-state index in [1.165, 1.54) is 0 Å². The molecule has 2 amide bonds. The molecule has 2 fully saturated rings. The number of nitrogens with zero attached hydrogens (tertiary/aromatic N) is 1. The van der Waals surface area contributed by atoms with E-state index in [1.54, 1.807) is 4.90 Å². The maximum atomic E-state index is 12.2. The van der Waals surface area contributed by atoms with Gasteiger partial charge in [-0.1, -0.05) is 0 Å². The quantitative estimate of drug-likeness (QED) is 0.758. The minimum Gasteiger partial charge on any atom is -0.481 e. The summed E-state index contributed by atoms with van der Waals surface area (Å²) in [6, 6.07) is -0.647. The lowest BCUT2D eigenvalue weighted by molar-refractivity contribution is -0.142. The Morgan fingerprint density at radius 2 is 2.20 bits per heavy atom. The van der Waals surface area contributed by atoms with Gasteiger partial charge in [0.15, 0.2) is 0 Å². The van der Waals surface area contributed by atoms with Gasteiger partial charge in [0.25, 0.3) is 0 Å². The van der Waals surface area contributed by atoms with Gasteiger partial charge in [0.2, 0.25) is 0 Å². The van der Waals surface area contributed by atoms with Gasteiger partial charge in [-0.05, 0) is 19.8 Å². The highest BCUT2D eigenvalue weighted by molar-refractivity contribution is 5.77. The first kappa shape index (κ1) is 15.1. The van der Waals surface area contributed by atoms with Crippen molar-refractivity contribution in [3.63, 3.8) is 0 Å². The molecule has 2 aliphatic rings. The van der Waals surface area contributed by atoms with Crippen molar-refractivity contribution in [2.24, 2.45) is 5.92 Å². The van der Waals surface area contributed by atoms with Crippen molar-refractivity contribution in [3.8, 4) is 0 Å². The van der Waals surface area contributed by atoms with Gasteiger partial charge in [-0.3, -0.25) is 4.79 Å². The molecule has 20 heavy (non-hydrogen) atoms. The predicted octanol–water partition coefficient (Wildman–Crippen LogP) is 0.297. The van der Waals surface area contributed by atoms with Crippen molar-refractivity contribution >= 4 is 12.0 Å². The minimum atomic E-state index is -0.919. The van der Waals surface area contributed by atoms with E-state index < -0.39 is 17.9 Å². The summed E-state index contributed by atoms with van der Waals surface area (Å²) < 4.78 is 10.7. The first-order chi connectivity index (χ1) is 9.63. The molecule has 0 radical (unpaired) electrons. The Morgan fingerprint density at radius 3 is 2.80 bits per heavy atom. The second-order valence-corrected chi connectivity index (χ2v) is 5.16. The number of amides is 2. The van der Waals surface area contributed by atoms with Gasteiger partial charge in [0, 0.05) is 19.7 Å². The topological polar surface area (TPSA) is 88.1 Å². The van der Waals surface area contributed by atoms with Crippen LogP contribution in [0.15, 0.2) is 0 Å². The first-order valence-electron chi connectivity index (χ1n) is 7.10. The van der Waals surface area contributed by atoms with Crippen molar-refractivity contribution < 1.29 is 24.2 Å². The molecule has 0 aliphatic carbocycles. The van der Waals surface area contributed by atoms with E-state index in [1.807, 2.05) is 6.92 Å². The number of ether oxygens (including phenoxy) is 2. The first-order valence-corrected chi connectivity index (χ1v) is 7.10. The molecule has 2 aliphatic heterocycles. The van der Waals surface area contributed by atoms with Gasteiger partial charge in [-0.2, -0.15) is 0 Å². The molecule has 2 N–H and O–H groups in total. The Hall–Kier alpha value is -1.34. The summed E-state index contributed by atoms with van der Waals surface area (Å²) in [5, 5.41) is 12.0. The fourth-order valence-corrected chi connectivity index (χ4v) is 2.72. The van der Waals surface area contributed by atoms with E-state index >= 15 is 0 Å². The molecule has 7 heteroatoms. The van der Waals surface area contributed by atoms with Crippen molar-refractivity contribution in [3.05, 3.63) is 0 Å². The van der Waals surface area contributed by atoms with E-state index in [4.69, 9.17) is 14.6 Å². The number of rotatable bonds is 5. The third-order valence-corrected chi connectivity index (χ3v) is 3.87. The number of likely N-dealkylation sites (N-methyl/N-ethyl adjacent to an activating group) is 1. The number of hydrogen-bond acceptors (Lipinski definition) is 4. The fourth-order valence-electron chi connectivity index (χ4n) is 2.72. The number of carbonyl (C=O) groups is 2. The number of nitrogens with one attached hydrogen (secondary N) is 1. The third-order valence-electron chi connectivity index (χ3n) is 3.87. The molecule has 3 unspecified atom stereocenters. The maximum absolute atomic E-state index is 12.2. The van der Waals surface area contributed by atoms with Gasteiger partial charge in [-0.15, -0.1) is 0 Å². The smallest absolute Gasteiger partial charge is 0.317 e. The lowest BCUT2D eigenvalue weighted by Crippen LogP contribution is -2.51. The molecule has 3 atom stereocenters. The molecule has 0 aromatic carbocycles. The molecule has 2 saturated heterocycles. The Balaban J connectivity index is 1.89. The van der Waals surface area contributed by atoms with E-state index in [-0.39, 0.29) is 25.3 Å². The molecule has 0 aromatic rings. The number of carboxylic acid groups (broad SMARTS) is 1. The summed E-state index contributed by atoms with van der Waals surface area (Å²) >= 11 is 0. The van der Waals surface area contributed by atoms with Crippen LogP contribution >= 0.6 is 0 Å². The normalized spacial score (nSPS) is 29.4. The molecular formula is C13H22N2O5. The van der Waals surface area contributed by atoms with Gasteiger partial charge in [0.05, 0.1) is 25.4 Å². The van der Waals surface area contributed by atoms with Crippen LogP contribution < -0.4 is 5.32 Å². The molecule has 0 aromatic heterocycles. The highest BCUT2D eigenvalue weighted by Crippen LogP contribution is 2.20. The van der Waals surface area contributed by atoms with Crippen LogP contribution in [0.5, 0.6) is 0 Å². The fraction of sp³-hybridized carbons (Fsp3) is 0.846. The van der Waals surface area contributed by atoms with Crippen LogP contribution in [0.25, 0.3) is 0 Å². The van der Waals surface area contributed by atoms with Crippen LogP contribution in [0.3, 0.4) is 0 Å². The zero-order chi connectivity index (χ0) is 14.5. The Labute approximate surface area is 118 Å². The molecule has 114 valence electrons. The van der Waals surface area contributed by atoms with E-state index in [0.29, 0.717) is 13.1 Å². The highest BCUT2D eigenvalue weighted by Gasteiger charge is 2.39. The third kappa shape index (κ3) is 3.40. The van der Waals surface area contributed by atoms with Crippen LogP contribution in [-0.4, -0.2) is 67.1 Å². The van der Waals surface area contributed by atoms with Crippen LogP contribution in [-0.2, 0) is 14.3 Å². The van der Waals surface area contributed by atoms with Gasteiger partial charge >= 0.3 is 12.0 Å². The van der Waals surface area contributed by atoms with E-state index in [2.05, 4.69) is 5.32 Å². The monoisotopic (exact) mass is 286 g/mol. The maximum Gasteiger partial charge on any atom is 0.317 e. The van der Waals surface area contributed by atoms with E-state index in [0.717, 1.165) is 19.4 Å². The van der Waals surface area contributed by atoms with Crippen LogP contribution in [0, 0.1) is 5.92 Å². The summed E-state index contributed by atoms with van der Waals surface area (Å²) in [7, 11) is 0. The molecule has 7 nitrogen and oxygen atoms in total. The average Bonchev–Trinajstić information content (AvgIpc) is 3.08. The summed E-state index contributed by atoms with van der Waals surface area (Å²) in [5.74, 6) is -1.57. The van der Waals surface area contributed by atoms with Crippen LogP contribution in [0.1, 0.15) is 19.8 Å². The number of aliphatic carboxylic acids is 1. The number of carboxylic acids is 1. The molecular weight excluding hydrogens is 264 g/mol. The average molecular weight is 286 g/mol. The SMILES string of the molecule is CCN(C(=O)NCC1CCCO1)C1COCC1C(=O)O. The standard InChI is InChI=1S/C13H22N2O5/c1-2-15(11-8-19-7-10(11)12(16)17)13(18)14-6-9-4-3-5-20-9/h9-11H,2-8H2,1H3,(H,14,18)(H,16,17). The lowest BCUT2D eigenvalue weighted by atomic mass is 10.0. The molecule has 2 heterocycles. The molecule has 2 rings (SSSR count). The number of urea groups is 1. The predicted molar refractivity (Wildman–Crippen MR) is 70.5 cm³/mol. The van der Waals surface area contributed by atoms with Crippen molar-refractivity contribution in [2.45, 2.75) is 31.9 Å². The van der Waals surface area contributed by atoms with Crippen molar-refractivity contribution in [2.75, 3.05) is 32.9 Å². The molecule has 0 saturated carbocycles. The summed E-state index contributed by atoms with van der Waals surface area (Å²) in [4.78, 5) is 24.9. The van der Waals surface area contributed by atoms with E-state index in [9.17, 15) is 9.59 Å². The zero-order valence-electron chi connectivity index (χ0n) is 11.7. The minimum absolute atomic E-state index is 0.0766. The lowest BCUT2D eigenvalue weighted by Gasteiger charge is -2.29. The highest BCUT2D eigenvalue weighted by atomic mass is 16.5. The number of carbonyl (C=O) groups excluding carboxylic acids is 1. The van der Waals surface area contributed by atoms with Gasteiger partial charge in [0.1, 0.15) is 5.92 Å². The molecule has 0 bridgehead atoms. The second kappa shape index (κ2) is 6.90.